The first kappa shape index (κ1) is 13.7. The molecule has 1 rings (SSSR count). The van der Waals surface area contributed by atoms with Gasteiger partial charge in [-0.25, -0.2) is 4.79 Å². The van der Waals surface area contributed by atoms with Crippen molar-refractivity contribution in [3.05, 3.63) is 29.8 Å². The Morgan fingerprint density at radius 1 is 1.22 bits per heavy atom. The number of amides is 1. The summed E-state index contributed by atoms with van der Waals surface area (Å²) in [6.45, 7) is 3.07. The van der Waals surface area contributed by atoms with Gasteiger partial charge in [-0.05, 0) is 19.1 Å². The minimum Gasteiger partial charge on any atom is -0.460 e. The van der Waals surface area contributed by atoms with Gasteiger partial charge in [0.05, 0.1) is 17.9 Å². The van der Waals surface area contributed by atoms with Gasteiger partial charge in [0.1, 0.15) is 0 Å². The second kappa shape index (κ2) is 6.39. The molecule has 1 aromatic carbocycles. The number of nitrogens with one attached hydrogen (secondary N) is 2. The van der Waals surface area contributed by atoms with Crippen LogP contribution in [0.25, 0.3) is 0 Å². The van der Waals surface area contributed by atoms with Gasteiger partial charge in [-0.15, -0.1) is 0 Å². The molecule has 1 amide bonds. The molecule has 6 nitrogen and oxygen atoms in total. The number of rotatable bonds is 5. The largest absolute Gasteiger partial charge is 0.460 e. The average Bonchev–Trinajstić information content (AvgIpc) is 2.36. The molecule has 0 saturated carbocycles. The van der Waals surface area contributed by atoms with Crippen LogP contribution in [0.1, 0.15) is 24.2 Å². The summed E-state index contributed by atoms with van der Waals surface area (Å²) in [5.74, 6) is -1.99. The van der Waals surface area contributed by atoms with Crippen molar-refractivity contribution in [3.8, 4) is 0 Å². The third-order valence-corrected chi connectivity index (χ3v) is 2.01. The third kappa shape index (κ3) is 3.58. The molecule has 6 heteroatoms. The van der Waals surface area contributed by atoms with Crippen molar-refractivity contribution < 1.29 is 19.1 Å². The van der Waals surface area contributed by atoms with Crippen LogP contribution in [0.2, 0.25) is 0 Å². The van der Waals surface area contributed by atoms with Gasteiger partial charge in [0.25, 0.3) is 5.78 Å². The fraction of sp³-hybridized carbons (Fsp3) is 0.250. The third-order valence-electron chi connectivity index (χ3n) is 2.01. The van der Waals surface area contributed by atoms with Gasteiger partial charge in [-0.1, -0.05) is 12.1 Å². The highest BCUT2D eigenvalue weighted by Gasteiger charge is 2.20. The molecule has 0 radical (unpaired) electrons. The molecule has 0 atom stereocenters. The van der Waals surface area contributed by atoms with E-state index in [1.807, 2.05) is 0 Å². The van der Waals surface area contributed by atoms with E-state index in [0.717, 1.165) is 0 Å². The maximum atomic E-state index is 11.8. The van der Waals surface area contributed by atoms with Crippen molar-refractivity contribution in [2.75, 3.05) is 12.0 Å². The quantitative estimate of drug-likeness (QED) is 0.351. The van der Waals surface area contributed by atoms with Gasteiger partial charge in [0, 0.05) is 6.92 Å². The van der Waals surface area contributed by atoms with Crippen LogP contribution in [-0.4, -0.2) is 24.3 Å². The number of hydrazine groups is 1. The minimum atomic E-state index is -0.922. The molecule has 0 saturated heterocycles. The van der Waals surface area contributed by atoms with E-state index in [-0.39, 0.29) is 18.1 Å². The number of anilines is 1. The second-order valence-corrected chi connectivity index (χ2v) is 3.40. The van der Waals surface area contributed by atoms with E-state index in [9.17, 15) is 14.4 Å². The summed E-state index contributed by atoms with van der Waals surface area (Å²) in [5.41, 5.74) is 5.38. The van der Waals surface area contributed by atoms with Gasteiger partial charge in [0.15, 0.2) is 0 Å². The van der Waals surface area contributed by atoms with Crippen molar-refractivity contribution in [2.24, 2.45) is 0 Å². The van der Waals surface area contributed by atoms with E-state index < -0.39 is 11.8 Å². The number of esters is 1. The number of benzene rings is 1. The van der Waals surface area contributed by atoms with Crippen LogP contribution in [0.15, 0.2) is 24.3 Å². The number of carbonyl (C=O) groups is 3. The number of ether oxygens (including phenoxy) is 1. The first-order valence-corrected chi connectivity index (χ1v) is 5.39. The summed E-state index contributed by atoms with van der Waals surface area (Å²) >= 11 is 0. The lowest BCUT2D eigenvalue weighted by Crippen LogP contribution is -2.28. The van der Waals surface area contributed by atoms with Gasteiger partial charge >= 0.3 is 5.97 Å². The predicted molar refractivity (Wildman–Crippen MR) is 64.8 cm³/mol. The van der Waals surface area contributed by atoms with Crippen LogP contribution in [0.3, 0.4) is 0 Å². The molecule has 96 valence electrons. The number of para-hydroxylation sites is 1. The molecule has 0 aromatic heterocycles. The molecule has 2 N–H and O–H groups in total. The summed E-state index contributed by atoms with van der Waals surface area (Å²) in [4.78, 5) is 33.9. The molecular formula is C12H14N2O4. The number of carbonyl (C=O) groups excluding carboxylic acids is 3. The molecule has 0 aliphatic carbocycles. The fourth-order valence-corrected chi connectivity index (χ4v) is 1.25. The van der Waals surface area contributed by atoms with Gasteiger partial charge in [-0.2, -0.15) is 0 Å². The average molecular weight is 250 g/mol. The van der Waals surface area contributed by atoms with Crippen molar-refractivity contribution in [1.82, 2.24) is 5.43 Å². The lowest BCUT2D eigenvalue weighted by Gasteiger charge is -2.10. The normalized spacial score (nSPS) is 9.44. The van der Waals surface area contributed by atoms with Crippen LogP contribution >= 0.6 is 0 Å². The highest BCUT2D eigenvalue weighted by atomic mass is 16.5. The van der Waals surface area contributed by atoms with Crippen LogP contribution in [0, 0.1) is 0 Å². The molecule has 0 spiro atoms. The SMILES string of the molecule is CCOC(=O)C(=O)c1ccccc1NNC(C)=O. The van der Waals surface area contributed by atoms with E-state index in [1.165, 1.54) is 13.0 Å². The Bertz CT molecular complexity index is 471. The summed E-state index contributed by atoms with van der Waals surface area (Å²) in [5, 5.41) is 0. The van der Waals surface area contributed by atoms with Gasteiger partial charge in [-0.3, -0.25) is 20.4 Å². The predicted octanol–water partition coefficient (Wildman–Crippen LogP) is 0.895. The molecule has 0 heterocycles. The first-order valence-electron chi connectivity index (χ1n) is 5.39. The summed E-state index contributed by atoms with van der Waals surface area (Å²) in [6, 6.07) is 6.34. The second-order valence-electron chi connectivity index (χ2n) is 3.40. The summed E-state index contributed by atoms with van der Waals surface area (Å²) < 4.78 is 4.64. The molecule has 0 aliphatic rings. The topological polar surface area (TPSA) is 84.5 Å². The molecule has 0 aliphatic heterocycles. The Morgan fingerprint density at radius 2 is 1.89 bits per heavy atom. The van der Waals surface area contributed by atoms with E-state index in [0.29, 0.717) is 5.69 Å². The summed E-state index contributed by atoms with van der Waals surface area (Å²) in [6.07, 6.45) is 0. The number of hydrogen-bond donors (Lipinski definition) is 2. The monoisotopic (exact) mass is 250 g/mol. The Morgan fingerprint density at radius 3 is 2.50 bits per heavy atom. The zero-order chi connectivity index (χ0) is 13.5. The van der Waals surface area contributed by atoms with Crippen LogP contribution in [0.5, 0.6) is 0 Å². The Balaban J connectivity index is 2.90. The van der Waals surface area contributed by atoms with Crippen molar-refractivity contribution in [1.29, 1.82) is 0 Å². The van der Waals surface area contributed by atoms with Gasteiger partial charge < -0.3 is 4.74 Å². The maximum absolute atomic E-state index is 11.8. The highest BCUT2D eigenvalue weighted by Crippen LogP contribution is 2.15. The lowest BCUT2D eigenvalue weighted by atomic mass is 10.1. The van der Waals surface area contributed by atoms with Crippen molar-refractivity contribution in [2.45, 2.75) is 13.8 Å². The number of ketones is 1. The van der Waals surface area contributed by atoms with Crippen LogP contribution in [-0.2, 0) is 14.3 Å². The Labute approximate surface area is 104 Å². The minimum absolute atomic E-state index is 0.131. The molecular weight excluding hydrogens is 236 g/mol. The van der Waals surface area contributed by atoms with Crippen LogP contribution < -0.4 is 10.9 Å². The zero-order valence-electron chi connectivity index (χ0n) is 10.1. The van der Waals surface area contributed by atoms with Crippen molar-refractivity contribution >= 4 is 23.3 Å². The van der Waals surface area contributed by atoms with Crippen LogP contribution in [0.4, 0.5) is 5.69 Å². The van der Waals surface area contributed by atoms with E-state index in [4.69, 9.17) is 0 Å². The first-order chi connectivity index (χ1) is 8.56. The fourth-order valence-electron chi connectivity index (χ4n) is 1.25. The lowest BCUT2D eigenvalue weighted by molar-refractivity contribution is -0.137. The Hall–Kier alpha value is -2.37. The van der Waals surface area contributed by atoms with Crippen molar-refractivity contribution in [3.63, 3.8) is 0 Å². The van der Waals surface area contributed by atoms with Gasteiger partial charge in [0.2, 0.25) is 5.91 Å². The Kier molecular flexibility index (Phi) is 4.86. The molecule has 18 heavy (non-hydrogen) atoms. The maximum Gasteiger partial charge on any atom is 0.379 e. The smallest absolute Gasteiger partial charge is 0.379 e. The standard InChI is InChI=1S/C12H14N2O4/c1-3-18-12(17)11(16)9-6-4-5-7-10(9)14-13-8(2)15/h4-7,14H,3H2,1-2H3,(H,13,15). The molecule has 1 aromatic rings. The molecule has 0 bridgehead atoms. The molecule has 0 fully saturated rings. The van der Waals surface area contributed by atoms with E-state index >= 15 is 0 Å². The highest BCUT2D eigenvalue weighted by molar-refractivity contribution is 6.41. The van der Waals surface area contributed by atoms with E-state index in [1.54, 1.807) is 25.1 Å². The summed E-state index contributed by atoms with van der Waals surface area (Å²) in [7, 11) is 0. The zero-order valence-corrected chi connectivity index (χ0v) is 10.1. The number of hydrogen-bond acceptors (Lipinski definition) is 5. The van der Waals surface area contributed by atoms with E-state index in [2.05, 4.69) is 15.6 Å². The molecule has 0 unspecified atom stereocenters. The number of Topliss-reactive ketones (excluding diaryl/α,β-unsaturated/α-hetero) is 1.